The first-order valence-corrected chi connectivity index (χ1v) is 10.7. The molecular weight excluding hydrogens is 410 g/mol. The first-order valence-electron chi connectivity index (χ1n) is 10.3. The van der Waals surface area contributed by atoms with Crippen molar-refractivity contribution in [3.05, 3.63) is 89.4 Å². The molecule has 0 spiro atoms. The second-order valence-corrected chi connectivity index (χ2v) is 7.87. The highest BCUT2D eigenvalue weighted by Crippen LogP contribution is 2.23. The lowest BCUT2D eigenvalue weighted by molar-refractivity contribution is -0.130. The van der Waals surface area contributed by atoms with E-state index in [1.54, 1.807) is 11.0 Å². The molecule has 1 saturated heterocycles. The molecule has 0 aliphatic carbocycles. The molecule has 6 heteroatoms. The van der Waals surface area contributed by atoms with Crippen LogP contribution in [-0.2, 0) is 4.79 Å². The molecule has 0 aromatic heterocycles. The smallest absolute Gasteiger partial charge is 0.252 e. The lowest BCUT2D eigenvalue weighted by Crippen LogP contribution is -2.51. The molecular formula is C25H24ClN3O2. The Morgan fingerprint density at radius 1 is 0.806 bits per heavy atom. The number of benzene rings is 3. The van der Waals surface area contributed by atoms with Crippen molar-refractivity contribution in [2.75, 3.05) is 37.6 Å². The molecule has 0 bridgehead atoms. The first kappa shape index (κ1) is 20.9. The van der Waals surface area contributed by atoms with Crippen molar-refractivity contribution in [3.63, 3.8) is 0 Å². The summed E-state index contributed by atoms with van der Waals surface area (Å²) in [5.74, 6) is -0.311. The predicted molar refractivity (Wildman–Crippen MR) is 124 cm³/mol. The highest BCUT2D eigenvalue weighted by Gasteiger charge is 2.22. The van der Waals surface area contributed by atoms with Gasteiger partial charge in [0.1, 0.15) is 0 Å². The Bertz CT molecular complexity index is 1050. The number of rotatable bonds is 5. The summed E-state index contributed by atoms with van der Waals surface area (Å²) >= 11 is 5.96. The Morgan fingerprint density at radius 3 is 2.16 bits per heavy atom. The van der Waals surface area contributed by atoms with Crippen LogP contribution in [-0.4, -0.2) is 49.4 Å². The zero-order valence-electron chi connectivity index (χ0n) is 17.1. The maximum Gasteiger partial charge on any atom is 0.252 e. The topological polar surface area (TPSA) is 52.7 Å². The number of amides is 2. The van der Waals surface area contributed by atoms with E-state index in [4.69, 9.17) is 11.6 Å². The summed E-state index contributed by atoms with van der Waals surface area (Å²) in [4.78, 5) is 29.5. The largest absolute Gasteiger partial charge is 0.368 e. The Kier molecular flexibility index (Phi) is 6.53. The molecule has 0 unspecified atom stereocenters. The molecule has 2 amide bonds. The number of nitrogens with one attached hydrogen (secondary N) is 1. The summed E-state index contributed by atoms with van der Waals surface area (Å²) in [6.07, 6.45) is 0. The molecule has 31 heavy (non-hydrogen) atoms. The van der Waals surface area contributed by atoms with E-state index < -0.39 is 0 Å². The first-order chi connectivity index (χ1) is 15.1. The minimum atomic E-state index is -0.243. The van der Waals surface area contributed by atoms with Gasteiger partial charge in [-0.25, -0.2) is 0 Å². The van der Waals surface area contributed by atoms with Crippen LogP contribution in [0.15, 0.2) is 78.9 Å². The van der Waals surface area contributed by atoms with Crippen molar-refractivity contribution < 1.29 is 9.59 Å². The van der Waals surface area contributed by atoms with Crippen LogP contribution in [0, 0.1) is 0 Å². The number of piperazine rings is 1. The number of nitrogens with zero attached hydrogens (tertiary/aromatic N) is 2. The molecule has 0 radical (unpaired) electrons. The average molecular weight is 434 g/mol. The van der Waals surface area contributed by atoms with E-state index in [2.05, 4.69) is 10.2 Å². The lowest BCUT2D eigenvalue weighted by Gasteiger charge is -2.36. The van der Waals surface area contributed by atoms with Gasteiger partial charge in [-0.2, -0.15) is 0 Å². The van der Waals surface area contributed by atoms with E-state index in [-0.39, 0.29) is 18.4 Å². The van der Waals surface area contributed by atoms with Gasteiger partial charge in [0.25, 0.3) is 5.91 Å². The van der Waals surface area contributed by atoms with Gasteiger partial charge in [-0.1, -0.05) is 60.1 Å². The van der Waals surface area contributed by atoms with Crippen molar-refractivity contribution in [1.29, 1.82) is 0 Å². The van der Waals surface area contributed by atoms with E-state index in [1.807, 2.05) is 72.8 Å². The molecule has 1 aliphatic rings. The molecule has 0 saturated carbocycles. The molecule has 1 N–H and O–H groups in total. The Balaban J connectivity index is 1.33. The van der Waals surface area contributed by atoms with Gasteiger partial charge in [-0.3, -0.25) is 9.59 Å². The van der Waals surface area contributed by atoms with E-state index in [0.29, 0.717) is 23.7 Å². The monoisotopic (exact) mass is 433 g/mol. The van der Waals surface area contributed by atoms with Crippen LogP contribution in [0.3, 0.4) is 0 Å². The highest BCUT2D eigenvalue weighted by molar-refractivity contribution is 6.30. The normalized spacial score (nSPS) is 13.7. The van der Waals surface area contributed by atoms with Crippen LogP contribution in [0.25, 0.3) is 11.1 Å². The minimum absolute atomic E-state index is 0.0110. The third-order valence-corrected chi connectivity index (χ3v) is 5.73. The predicted octanol–water partition coefficient (Wildman–Crippen LogP) is 4.09. The lowest BCUT2D eigenvalue weighted by atomic mass is 9.99. The number of anilines is 1. The summed E-state index contributed by atoms with van der Waals surface area (Å²) < 4.78 is 0. The van der Waals surface area contributed by atoms with Gasteiger partial charge >= 0.3 is 0 Å². The van der Waals surface area contributed by atoms with Crippen LogP contribution < -0.4 is 10.2 Å². The molecule has 4 rings (SSSR count). The third-order valence-electron chi connectivity index (χ3n) is 5.48. The van der Waals surface area contributed by atoms with Crippen LogP contribution in [0.4, 0.5) is 5.69 Å². The fraction of sp³-hybridized carbons (Fsp3) is 0.200. The standard InChI is InChI=1S/C25H24ClN3O2/c26-20-10-12-21(13-11-20)28-14-16-29(17-15-28)24(30)18-27-25(31)23-9-5-4-8-22(23)19-6-2-1-3-7-19/h1-13H,14-18H2,(H,27,31). The van der Waals surface area contributed by atoms with Crippen molar-refractivity contribution in [1.82, 2.24) is 10.2 Å². The number of hydrogen-bond donors (Lipinski definition) is 1. The molecule has 158 valence electrons. The van der Waals surface area contributed by atoms with Gasteiger partial charge in [0.05, 0.1) is 6.54 Å². The molecule has 0 atom stereocenters. The molecule has 1 fully saturated rings. The fourth-order valence-corrected chi connectivity index (χ4v) is 3.91. The average Bonchev–Trinajstić information content (AvgIpc) is 2.83. The van der Waals surface area contributed by atoms with Gasteiger partial charge < -0.3 is 15.1 Å². The minimum Gasteiger partial charge on any atom is -0.368 e. The van der Waals surface area contributed by atoms with Crippen LogP contribution in [0.5, 0.6) is 0 Å². The molecule has 3 aromatic carbocycles. The molecule has 5 nitrogen and oxygen atoms in total. The van der Waals surface area contributed by atoms with Gasteiger partial charge in [0, 0.05) is 42.5 Å². The zero-order chi connectivity index (χ0) is 21.6. The van der Waals surface area contributed by atoms with Gasteiger partial charge in [-0.05, 0) is 41.5 Å². The number of carbonyl (C=O) groups is 2. The van der Waals surface area contributed by atoms with Crippen molar-refractivity contribution in [2.24, 2.45) is 0 Å². The molecule has 1 heterocycles. The van der Waals surface area contributed by atoms with E-state index >= 15 is 0 Å². The number of carbonyl (C=O) groups excluding carboxylic acids is 2. The highest BCUT2D eigenvalue weighted by atomic mass is 35.5. The van der Waals surface area contributed by atoms with Crippen molar-refractivity contribution >= 4 is 29.1 Å². The summed E-state index contributed by atoms with van der Waals surface area (Å²) in [6, 6.07) is 24.9. The zero-order valence-corrected chi connectivity index (χ0v) is 17.9. The number of halogens is 1. The van der Waals surface area contributed by atoms with Crippen LogP contribution in [0.1, 0.15) is 10.4 Å². The summed E-state index contributed by atoms with van der Waals surface area (Å²) in [5.41, 5.74) is 3.49. The van der Waals surface area contributed by atoms with E-state index in [9.17, 15) is 9.59 Å². The molecule has 1 aliphatic heterocycles. The Morgan fingerprint density at radius 2 is 1.45 bits per heavy atom. The summed E-state index contributed by atoms with van der Waals surface area (Å²) in [7, 11) is 0. The number of hydrogen-bond acceptors (Lipinski definition) is 3. The maximum absolute atomic E-state index is 12.8. The second-order valence-electron chi connectivity index (χ2n) is 7.44. The SMILES string of the molecule is O=C(NCC(=O)N1CCN(c2ccc(Cl)cc2)CC1)c1ccccc1-c1ccccc1. The third kappa shape index (κ3) is 5.06. The summed E-state index contributed by atoms with van der Waals surface area (Å²) in [6.45, 7) is 2.73. The van der Waals surface area contributed by atoms with E-state index in [0.717, 1.165) is 29.9 Å². The van der Waals surface area contributed by atoms with E-state index in [1.165, 1.54) is 0 Å². The van der Waals surface area contributed by atoms with Crippen molar-refractivity contribution in [2.45, 2.75) is 0 Å². The second kappa shape index (κ2) is 9.67. The van der Waals surface area contributed by atoms with Gasteiger partial charge in [-0.15, -0.1) is 0 Å². The quantitative estimate of drug-likeness (QED) is 0.659. The fourth-order valence-electron chi connectivity index (χ4n) is 3.78. The van der Waals surface area contributed by atoms with Crippen LogP contribution in [0.2, 0.25) is 5.02 Å². The van der Waals surface area contributed by atoms with Crippen LogP contribution >= 0.6 is 11.6 Å². The van der Waals surface area contributed by atoms with Gasteiger partial charge in [0.2, 0.25) is 5.91 Å². The Hall–Kier alpha value is -3.31. The molecule has 3 aromatic rings. The Labute approximate surface area is 187 Å². The maximum atomic E-state index is 12.8. The van der Waals surface area contributed by atoms with Crippen molar-refractivity contribution in [3.8, 4) is 11.1 Å². The van der Waals surface area contributed by atoms with Gasteiger partial charge in [0.15, 0.2) is 0 Å². The summed E-state index contributed by atoms with van der Waals surface area (Å²) in [5, 5.41) is 3.51.